The van der Waals surface area contributed by atoms with Crippen molar-refractivity contribution in [1.29, 1.82) is 0 Å². The van der Waals surface area contributed by atoms with Crippen molar-refractivity contribution >= 4 is 5.78 Å². The van der Waals surface area contributed by atoms with Crippen LogP contribution in [0.4, 0.5) is 0 Å². The summed E-state index contributed by atoms with van der Waals surface area (Å²) in [4.78, 5) is 11.9. The highest BCUT2D eigenvalue weighted by molar-refractivity contribution is 5.92. The molecule has 22 heavy (non-hydrogen) atoms. The number of hydrogen-bond donors (Lipinski definition) is 0. The van der Waals surface area contributed by atoms with Crippen LogP contribution in [0.15, 0.2) is 22.8 Å². The second-order valence-electron chi connectivity index (χ2n) is 8.25. The molecule has 0 amide bonds. The Morgan fingerprint density at radius 3 is 2.82 bits per heavy atom. The van der Waals surface area contributed by atoms with Crippen LogP contribution >= 0.6 is 0 Å². The van der Waals surface area contributed by atoms with Crippen molar-refractivity contribution < 1.29 is 9.53 Å². The predicted octanol–water partition coefficient (Wildman–Crippen LogP) is 4.60. The smallest absolute Gasteiger partial charge is 0.156 e. The lowest BCUT2D eigenvalue weighted by molar-refractivity contribution is -0.139. The van der Waals surface area contributed by atoms with Gasteiger partial charge in [-0.1, -0.05) is 12.5 Å². The van der Waals surface area contributed by atoms with E-state index in [0.29, 0.717) is 23.0 Å². The summed E-state index contributed by atoms with van der Waals surface area (Å²) in [6.45, 7) is 4.73. The number of methoxy groups -OCH3 is 1. The maximum Gasteiger partial charge on any atom is 0.156 e. The first-order valence-corrected chi connectivity index (χ1v) is 9.00. The maximum absolute atomic E-state index is 11.9. The van der Waals surface area contributed by atoms with Gasteiger partial charge in [0.15, 0.2) is 5.78 Å². The molecule has 120 valence electrons. The van der Waals surface area contributed by atoms with Crippen LogP contribution in [0.1, 0.15) is 65.2 Å². The lowest BCUT2D eigenvalue weighted by Gasteiger charge is -2.56. The van der Waals surface area contributed by atoms with Gasteiger partial charge < -0.3 is 4.74 Å². The molecule has 0 aliphatic heterocycles. The first-order chi connectivity index (χ1) is 10.5. The molecule has 4 atom stereocenters. The van der Waals surface area contributed by atoms with E-state index < -0.39 is 0 Å². The van der Waals surface area contributed by atoms with Crippen LogP contribution in [0.3, 0.4) is 0 Å². The second-order valence-corrected chi connectivity index (χ2v) is 8.25. The first-order valence-electron chi connectivity index (χ1n) is 9.00. The molecule has 4 aliphatic carbocycles. The Kier molecular flexibility index (Phi) is 3.21. The zero-order valence-corrected chi connectivity index (χ0v) is 14.2. The molecule has 4 aliphatic rings. The third-order valence-corrected chi connectivity index (χ3v) is 7.52. The first kappa shape index (κ1) is 14.7. The molecule has 0 aromatic heterocycles. The van der Waals surface area contributed by atoms with Crippen LogP contribution in [0.2, 0.25) is 0 Å². The molecular formula is C20H28O2. The highest BCUT2D eigenvalue weighted by atomic mass is 16.5. The Labute approximate surface area is 134 Å². The predicted molar refractivity (Wildman–Crippen MR) is 87.6 cm³/mol. The molecule has 0 heterocycles. The van der Waals surface area contributed by atoms with Crippen LogP contribution in [-0.4, -0.2) is 18.5 Å². The Hall–Kier alpha value is -0.890. The Balaban J connectivity index is 1.83. The molecule has 2 fully saturated rings. The van der Waals surface area contributed by atoms with Crippen LogP contribution in [0.25, 0.3) is 0 Å². The number of carbonyl (C=O) groups excluding carboxylic acids is 1. The van der Waals surface area contributed by atoms with Crippen molar-refractivity contribution in [3.63, 3.8) is 0 Å². The van der Waals surface area contributed by atoms with E-state index in [1.807, 2.05) is 13.2 Å². The molecule has 0 spiro atoms. The van der Waals surface area contributed by atoms with Gasteiger partial charge in [0.1, 0.15) is 0 Å². The normalized spacial score (nSPS) is 44.3. The van der Waals surface area contributed by atoms with Crippen molar-refractivity contribution in [1.82, 2.24) is 0 Å². The average molecular weight is 300 g/mol. The van der Waals surface area contributed by atoms with E-state index >= 15 is 0 Å². The Bertz CT molecular complexity index is 585. The van der Waals surface area contributed by atoms with E-state index in [2.05, 4.69) is 13.8 Å². The molecule has 2 nitrogen and oxygen atoms in total. The number of carbonyl (C=O) groups is 1. The van der Waals surface area contributed by atoms with Gasteiger partial charge in [-0.15, -0.1) is 0 Å². The summed E-state index contributed by atoms with van der Waals surface area (Å²) < 4.78 is 6.30. The molecule has 0 aromatic carbocycles. The molecule has 2 saturated carbocycles. The molecule has 0 bridgehead atoms. The molecule has 2 heteroatoms. The average Bonchev–Trinajstić information content (AvgIpc) is 2.86. The molecule has 0 N–H and O–H groups in total. The topological polar surface area (TPSA) is 26.3 Å². The van der Waals surface area contributed by atoms with Gasteiger partial charge >= 0.3 is 0 Å². The fourth-order valence-electron chi connectivity index (χ4n) is 6.29. The Morgan fingerprint density at radius 2 is 2.05 bits per heavy atom. The van der Waals surface area contributed by atoms with Crippen molar-refractivity contribution in [3.8, 4) is 0 Å². The van der Waals surface area contributed by atoms with Crippen molar-refractivity contribution in [2.24, 2.45) is 17.3 Å². The number of ketones is 1. The molecule has 0 aromatic rings. The van der Waals surface area contributed by atoms with Gasteiger partial charge in [0.25, 0.3) is 0 Å². The van der Waals surface area contributed by atoms with E-state index in [1.54, 1.807) is 5.57 Å². The van der Waals surface area contributed by atoms with Gasteiger partial charge in [0.2, 0.25) is 0 Å². The standard InChI is InChI=1S/C20H28O2/c1-13-16-7-10-19(2)8-4-9-20(19,22-3)18(16)11-14-5-6-15(21)12-17(13)14/h12,14,18H,4-11H2,1-3H3/t14?,18?,19-,20?/m1/s1. The van der Waals surface area contributed by atoms with Crippen LogP contribution in [0.5, 0.6) is 0 Å². The minimum atomic E-state index is 0.0504. The number of hydrogen-bond acceptors (Lipinski definition) is 2. The summed E-state index contributed by atoms with van der Waals surface area (Å²) in [5, 5.41) is 0. The SMILES string of the molecule is COC12CCC[C@]1(C)CCC1=C(C)C3=CC(=O)CCC3CC12. The molecule has 4 rings (SSSR count). The van der Waals surface area contributed by atoms with E-state index in [9.17, 15) is 4.79 Å². The lowest BCUT2D eigenvalue weighted by Crippen LogP contribution is -2.55. The van der Waals surface area contributed by atoms with E-state index in [1.165, 1.54) is 49.7 Å². The van der Waals surface area contributed by atoms with Crippen LogP contribution < -0.4 is 0 Å². The summed E-state index contributed by atoms with van der Waals surface area (Å²) >= 11 is 0. The minimum absolute atomic E-state index is 0.0504. The minimum Gasteiger partial charge on any atom is -0.377 e. The van der Waals surface area contributed by atoms with Gasteiger partial charge in [0.05, 0.1) is 5.60 Å². The monoisotopic (exact) mass is 300 g/mol. The second kappa shape index (κ2) is 4.80. The van der Waals surface area contributed by atoms with Gasteiger partial charge in [-0.3, -0.25) is 4.79 Å². The summed E-state index contributed by atoms with van der Waals surface area (Å²) in [5.41, 5.74) is 4.80. The number of rotatable bonds is 1. The van der Waals surface area contributed by atoms with Gasteiger partial charge in [-0.2, -0.15) is 0 Å². The summed E-state index contributed by atoms with van der Waals surface area (Å²) in [5.74, 6) is 1.49. The van der Waals surface area contributed by atoms with Crippen molar-refractivity contribution in [2.45, 2.75) is 70.8 Å². The van der Waals surface area contributed by atoms with Crippen molar-refractivity contribution in [3.05, 3.63) is 22.8 Å². The quantitative estimate of drug-likeness (QED) is 0.707. The van der Waals surface area contributed by atoms with Crippen LogP contribution in [0, 0.1) is 17.3 Å². The largest absolute Gasteiger partial charge is 0.377 e. The number of allylic oxidation sites excluding steroid dienone is 3. The van der Waals surface area contributed by atoms with Gasteiger partial charge in [0, 0.05) is 19.4 Å². The summed E-state index contributed by atoms with van der Waals surface area (Å²) in [6.07, 6.45) is 11.2. The highest BCUT2D eigenvalue weighted by Gasteiger charge is 2.60. The molecule has 3 unspecified atom stereocenters. The highest BCUT2D eigenvalue weighted by Crippen LogP contribution is 2.64. The number of fused-ring (bicyclic) bond motifs is 4. The lowest BCUT2D eigenvalue weighted by atomic mass is 9.53. The molecule has 0 saturated heterocycles. The van der Waals surface area contributed by atoms with Crippen LogP contribution in [-0.2, 0) is 9.53 Å². The van der Waals surface area contributed by atoms with Gasteiger partial charge in [-0.25, -0.2) is 0 Å². The zero-order valence-electron chi connectivity index (χ0n) is 14.2. The maximum atomic E-state index is 11.9. The summed E-state index contributed by atoms with van der Waals surface area (Å²) in [6, 6.07) is 0. The zero-order chi connectivity index (χ0) is 15.5. The van der Waals surface area contributed by atoms with E-state index in [4.69, 9.17) is 4.74 Å². The van der Waals surface area contributed by atoms with E-state index in [0.717, 1.165) is 12.8 Å². The van der Waals surface area contributed by atoms with Gasteiger partial charge in [-0.05, 0) is 80.4 Å². The summed E-state index contributed by atoms with van der Waals surface area (Å²) in [7, 11) is 1.94. The van der Waals surface area contributed by atoms with Crippen molar-refractivity contribution in [2.75, 3.05) is 7.11 Å². The fourth-order valence-corrected chi connectivity index (χ4v) is 6.29. The molecular weight excluding hydrogens is 272 g/mol. The third-order valence-electron chi connectivity index (χ3n) is 7.52. The van der Waals surface area contributed by atoms with E-state index in [-0.39, 0.29) is 5.60 Å². The fraction of sp³-hybridized carbons (Fsp3) is 0.750. The molecule has 0 radical (unpaired) electrons. The number of ether oxygens (including phenoxy) is 1. The third kappa shape index (κ3) is 1.73. The Morgan fingerprint density at radius 1 is 1.23 bits per heavy atom.